The van der Waals surface area contributed by atoms with Crippen LogP contribution < -0.4 is 27.8 Å². The van der Waals surface area contributed by atoms with Gasteiger partial charge in [-0.3, -0.25) is 19.4 Å². The third-order valence-corrected chi connectivity index (χ3v) is 6.20. The first-order valence-corrected chi connectivity index (χ1v) is 12.4. The lowest BCUT2D eigenvalue weighted by atomic mass is 10.0. The number of guanidine groups is 1. The molecule has 4 atom stereocenters. The van der Waals surface area contributed by atoms with Crippen LogP contribution in [-0.4, -0.2) is 82.7 Å². The number of nitrogens with one attached hydrogen (secondary N) is 2. The van der Waals surface area contributed by atoms with Gasteiger partial charge >= 0.3 is 5.97 Å². The third kappa shape index (κ3) is 8.72. The molecule has 3 amide bonds. The van der Waals surface area contributed by atoms with Crippen LogP contribution in [0.5, 0.6) is 0 Å². The molecule has 198 valence electrons. The van der Waals surface area contributed by atoms with E-state index in [1.54, 1.807) is 0 Å². The molecule has 0 aliphatic carbocycles. The Bertz CT molecular complexity index is 942. The minimum Gasteiger partial charge on any atom is -0.480 e. The predicted molar refractivity (Wildman–Crippen MR) is 138 cm³/mol. The lowest BCUT2D eigenvalue weighted by Gasteiger charge is -2.28. The summed E-state index contributed by atoms with van der Waals surface area (Å²) in [7, 11) is 0. The SMILES string of the molecule is NC(N)=NCCCC(NC(=O)C(N)Cc1ccccc1)C(=O)NC(CS)C(=O)N1CCCC1C(=O)O. The Kier molecular flexibility index (Phi) is 11.5. The minimum absolute atomic E-state index is 0.0460. The van der Waals surface area contributed by atoms with E-state index >= 15 is 0 Å². The molecule has 36 heavy (non-hydrogen) atoms. The molecule has 1 heterocycles. The highest BCUT2D eigenvalue weighted by molar-refractivity contribution is 7.80. The van der Waals surface area contributed by atoms with Crippen molar-refractivity contribution in [2.24, 2.45) is 22.2 Å². The fraction of sp³-hybridized carbons (Fsp3) is 0.522. The van der Waals surface area contributed by atoms with Crippen LogP contribution in [0.15, 0.2) is 35.3 Å². The number of hydrogen-bond acceptors (Lipinski definition) is 7. The molecule has 0 bridgehead atoms. The van der Waals surface area contributed by atoms with Crippen LogP contribution in [0.1, 0.15) is 31.2 Å². The van der Waals surface area contributed by atoms with Crippen LogP contribution in [-0.2, 0) is 25.6 Å². The molecular weight excluding hydrogens is 486 g/mol. The van der Waals surface area contributed by atoms with Crippen LogP contribution in [0.25, 0.3) is 0 Å². The third-order valence-electron chi connectivity index (χ3n) is 5.83. The molecule has 0 spiro atoms. The fourth-order valence-electron chi connectivity index (χ4n) is 3.96. The summed E-state index contributed by atoms with van der Waals surface area (Å²) in [5.41, 5.74) is 17.6. The molecule has 1 fully saturated rings. The fourth-order valence-corrected chi connectivity index (χ4v) is 4.20. The second kappa shape index (κ2) is 14.3. The number of carboxylic acid groups (broad SMARTS) is 1. The molecule has 1 aromatic carbocycles. The molecule has 1 aliphatic rings. The van der Waals surface area contributed by atoms with Gasteiger partial charge in [0.15, 0.2) is 5.96 Å². The standard InChI is InChI=1S/C23H35N7O5S/c24-15(12-14-6-2-1-3-7-14)19(31)28-16(8-4-10-27-23(25)26)20(32)29-17(13-36)21(33)30-11-5-9-18(30)22(34)35/h1-3,6-7,15-18,36H,4-5,8-13,24H2,(H,28,31)(H,29,32)(H,34,35)(H4,25,26,27). The molecule has 4 unspecified atom stereocenters. The zero-order valence-electron chi connectivity index (χ0n) is 20.0. The van der Waals surface area contributed by atoms with E-state index in [0.717, 1.165) is 5.56 Å². The molecule has 1 aromatic rings. The molecule has 12 nitrogen and oxygen atoms in total. The van der Waals surface area contributed by atoms with E-state index in [9.17, 15) is 24.3 Å². The number of likely N-dealkylation sites (tertiary alicyclic amines) is 1. The quantitative estimate of drug-likeness (QED) is 0.0708. The first kappa shape index (κ1) is 28.9. The number of carbonyl (C=O) groups excluding carboxylic acids is 3. The molecule has 1 aliphatic heterocycles. The summed E-state index contributed by atoms with van der Waals surface area (Å²) in [4.78, 5) is 55.5. The van der Waals surface area contributed by atoms with E-state index in [1.165, 1.54) is 4.90 Å². The van der Waals surface area contributed by atoms with Gasteiger partial charge in [0.1, 0.15) is 18.1 Å². The van der Waals surface area contributed by atoms with Crippen molar-refractivity contribution >= 4 is 42.3 Å². The van der Waals surface area contributed by atoms with Gasteiger partial charge in [-0.05, 0) is 37.7 Å². The van der Waals surface area contributed by atoms with Crippen molar-refractivity contribution < 1.29 is 24.3 Å². The Morgan fingerprint density at radius 3 is 2.39 bits per heavy atom. The van der Waals surface area contributed by atoms with Gasteiger partial charge < -0.3 is 37.8 Å². The van der Waals surface area contributed by atoms with Crippen LogP contribution >= 0.6 is 12.6 Å². The van der Waals surface area contributed by atoms with Crippen molar-refractivity contribution in [1.82, 2.24) is 15.5 Å². The van der Waals surface area contributed by atoms with Crippen molar-refractivity contribution in [3.05, 3.63) is 35.9 Å². The molecular formula is C23H35N7O5S. The van der Waals surface area contributed by atoms with E-state index in [1.807, 2.05) is 30.3 Å². The van der Waals surface area contributed by atoms with Gasteiger partial charge in [-0.15, -0.1) is 0 Å². The number of rotatable bonds is 13. The molecule has 0 saturated carbocycles. The predicted octanol–water partition coefficient (Wildman–Crippen LogP) is -1.41. The smallest absolute Gasteiger partial charge is 0.326 e. The number of carboxylic acids is 1. The molecule has 0 radical (unpaired) electrons. The number of nitrogens with zero attached hydrogens (tertiary/aromatic N) is 2. The number of hydrogen-bond donors (Lipinski definition) is 7. The van der Waals surface area contributed by atoms with Gasteiger partial charge in [0.2, 0.25) is 17.7 Å². The normalized spacial score (nSPS) is 17.5. The van der Waals surface area contributed by atoms with Crippen LogP contribution in [0.3, 0.4) is 0 Å². The average Bonchev–Trinajstić information content (AvgIpc) is 3.34. The highest BCUT2D eigenvalue weighted by Gasteiger charge is 2.38. The number of carbonyl (C=O) groups is 4. The van der Waals surface area contributed by atoms with E-state index in [4.69, 9.17) is 17.2 Å². The number of amides is 3. The van der Waals surface area contributed by atoms with Crippen molar-refractivity contribution in [1.29, 1.82) is 0 Å². The number of benzene rings is 1. The molecule has 13 heteroatoms. The first-order valence-electron chi connectivity index (χ1n) is 11.7. The zero-order chi connectivity index (χ0) is 26.7. The van der Waals surface area contributed by atoms with Gasteiger partial charge in [-0.25, -0.2) is 4.79 Å². The van der Waals surface area contributed by atoms with E-state index < -0.39 is 47.9 Å². The second-order valence-electron chi connectivity index (χ2n) is 8.58. The van der Waals surface area contributed by atoms with E-state index in [2.05, 4.69) is 28.3 Å². The minimum atomic E-state index is -1.10. The van der Waals surface area contributed by atoms with Gasteiger partial charge in [-0.2, -0.15) is 12.6 Å². The number of nitrogens with two attached hydrogens (primary N) is 3. The average molecular weight is 522 g/mol. The Hall–Kier alpha value is -3.32. The van der Waals surface area contributed by atoms with Gasteiger partial charge in [0.05, 0.1) is 6.04 Å². The second-order valence-corrected chi connectivity index (χ2v) is 8.94. The Labute approximate surface area is 215 Å². The van der Waals surface area contributed by atoms with Crippen molar-refractivity contribution in [3.63, 3.8) is 0 Å². The topological polar surface area (TPSA) is 206 Å². The Balaban J connectivity index is 2.08. The molecule has 1 saturated heterocycles. The summed E-state index contributed by atoms with van der Waals surface area (Å²) in [6.45, 7) is 0.518. The van der Waals surface area contributed by atoms with E-state index in [0.29, 0.717) is 19.3 Å². The van der Waals surface area contributed by atoms with Gasteiger partial charge in [0.25, 0.3) is 0 Å². The summed E-state index contributed by atoms with van der Waals surface area (Å²) in [6, 6.07) is 5.30. The van der Waals surface area contributed by atoms with Gasteiger partial charge in [-0.1, -0.05) is 30.3 Å². The largest absolute Gasteiger partial charge is 0.480 e. The highest BCUT2D eigenvalue weighted by atomic mass is 32.1. The van der Waals surface area contributed by atoms with Crippen LogP contribution in [0.4, 0.5) is 0 Å². The van der Waals surface area contributed by atoms with E-state index in [-0.39, 0.29) is 37.6 Å². The monoisotopic (exact) mass is 521 g/mol. The number of thiol groups is 1. The maximum Gasteiger partial charge on any atom is 0.326 e. The summed E-state index contributed by atoms with van der Waals surface area (Å²) < 4.78 is 0. The lowest BCUT2D eigenvalue weighted by Crippen LogP contribution is -2.57. The summed E-state index contributed by atoms with van der Waals surface area (Å²) in [5, 5.41) is 14.7. The van der Waals surface area contributed by atoms with Crippen LogP contribution in [0, 0.1) is 0 Å². The highest BCUT2D eigenvalue weighted by Crippen LogP contribution is 2.19. The first-order chi connectivity index (χ1) is 17.1. The van der Waals surface area contributed by atoms with Crippen molar-refractivity contribution in [2.45, 2.75) is 56.3 Å². The van der Waals surface area contributed by atoms with Gasteiger partial charge in [0, 0.05) is 18.8 Å². The maximum atomic E-state index is 13.1. The lowest BCUT2D eigenvalue weighted by molar-refractivity contribution is -0.149. The molecule has 9 N–H and O–H groups in total. The Morgan fingerprint density at radius 2 is 1.78 bits per heavy atom. The van der Waals surface area contributed by atoms with Crippen molar-refractivity contribution in [2.75, 3.05) is 18.8 Å². The zero-order valence-corrected chi connectivity index (χ0v) is 20.9. The van der Waals surface area contributed by atoms with Crippen LogP contribution in [0.2, 0.25) is 0 Å². The molecule has 2 rings (SSSR count). The summed E-state index contributed by atoms with van der Waals surface area (Å²) in [6.07, 6.45) is 1.73. The molecule has 0 aromatic heterocycles. The Morgan fingerprint density at radius 1 is 1.11 bits per heavy atom. The summed E-state index contributed by atoms with van der Waals surface area (Å²) in [5.74, 6) is -2.91. The maximum absolute atomic E-state index is 13.1. The number of aliphatic carboxylic acids is 1. The van der Waals surface area contributed by atoms with Crippen molar-refractivity contribution in [3.8, 4) is 0 Å². The number of aliphatic imine (C=N–C) groups is 1. The summed E-state index contributed by atoms with van der Waals surface area (Å²) >= 11 is 4.18.